The fourth-order valence-electron chi connectivity index (χ4n) is 3.05. The molecule has 2 atom stereocenters. The van der Waals surface area contributed by atoms with Crippen LogP contribution in [0.2, 0.25) is 0 Å². The van der Waals surface area contributed by atoms with Crippen LogP contribution in [0.5, 0.6) is 0 Å². The van der Waals surface area contributed by atoms with Gasteiger partial charge < -0.3 is 9.64 Å². The molecule has 0 N–H and O–H groups in total. The van der Waals surface area contributed by atoms with E-state index in [1.165, 1.54) is 25.7 Å². The van der Waals surface area contributed by atoms with Crippen molar-refractivity contribution in [2.45, 2.75) is 70.4 Å². The molecule has 2 rings (SSSR count). The summed E-state index contributed by atoms with van der Waals surface area (Å²) in [5.74, 6) is 0.354. The Balaban J connectivity index is 1.76. The maximum Gasteiger partial charge on any atom is 0.222 e. The number of carbonyl (C=O) groups excluding carboxylic acids is 1. The van der Waals surface area contributed by atoms with Gasteiger partial charge in [-0.1, -0.05) is 6.92 Å². The lowest BCUT2D eigenvalue weighted by Gasteiger charge is -2.35. The number of carbonyl (C=O) groups is 1. The lowest BCUT2D eigenvalue weighted by Crippen LogP contribution is -2.43. The van der Waals surface area contributed by atoms with Gasteiger partial charge in [0.05, 0.1) is 6.10 Å². The van der Waals surface area contributed by atoms with Crippen LogP contribution in [0.25, 0.3) is 0 Å². The molecule has 0 aromatic carbocycles. The van der Waals surface area contributed by atoms with Gasteiger partial charge in [-0.2, -0.15) is 0 Å². The van der Waals surface area contributed by atoms with Gasteiger partial charge in [-0.15, -0.1) is 0 Å². The fourth-order valence-corrected chi connectivity index (χ4v) is 3.05. The molecule has 0 aromatic heterocycles. The molecule has 0 spiro atoms. The first-order chi connectivity index (χ1) is 8.31. The third kappa shape index (κ3) is 3.44. The largest absolute Gasteiger partial charge is 0.378 e. The standard InChI is InChI=1S/C14H25NO2/c1-2-12-6-3-4-10-15(12)14(16)9-8-13-7-5-11-17-13/h12-13H,2-11H2,1H3/t12-,13-/m0/s1. The molecule has 2 aliphatic heterocycles. The van der Waals surface area contributed by atoms with Crippen LogP contribution in [-0.4, -0.2) is 36.1 Å². The highest BCUT2D eigenvalue weighted by atomic mass is 16.5. The first kappa shape index (κ1) is 12.9. The van der Waals surface area contributed by atoms with Crippen molar-refractivity contribution < 1.29 is 9.53 Å². The maximum absolute atomic E-state index is 12.2. The molecule has 1 amide bonds. The third-order valence-electron chi connectivity index (χ3n) is 4.12. The second-order valence-electron chi connectivity index (χ2n) is 5.32. The number of piperidine rings is 1. The Hall–Kier alpha value is -0.570. The zero-order valence-electron chi connectivity index (χ0n) is 11.0. The van der Waals surface area contributed by atoms with Crippen molar-refractivity contribution in [2.24, 2.45) is 0 Å². The van der Waals surface area contributed by atoms with Crippen LogP contribution in [0, 0.1) is 0 Å². The van der Waals surface area contributed by atoms with Crippen molar-refractivity contribution in [3.8, 4) is 0 Å². The number of rotatable bonds is 4. The van der Waals surface area contributed by atoms with Crippen LogP contribution >= 0.6 is 0 Å². The van der Waals surface area contributed by atoms with Gasteiger partial charge in [0.25, 0.3) is 0 Å². The van der Waals surface area contributed by atoms with Gasteiger partial charge in [0.1, 0.15) is 0 Å². The second-order valence-corrected chi connectivity index (χ2v) is 5.32. The first-order valence-corrected chi connectivity index (χ1v) is 7.22. The molecule has 2 fully saturated rings. The highest BCUT2D eigenvalue weighted by molar-refractivity contribution is 5.76. The summed E-state index contributed by atoms with van der Waals surface area (Å²) in [4.78, 5) is 14.3. The number of amides is 1. The van der Waals surface area contributed by atoms with Gasteiger partial charge in [-0.05, 0) is 44.9 Å². The summed E-state index contributed by atoms with van der Waals surface area (Å²) in [6, 6.07) is 0.501. The predicted octanol–water partition coefficient (Wildman–Crippen LogP) is 2.74. The summed E-state index contributed by atoms with van der Waals surface area (Å²) in [5.41, 5.74) is 0. The number of likely N-dealkylation sites (tertiary alicyclic amines) is 1. The van der Waals surface area contributed by atoms with E-state index < -0.39 is 0 Å². The van der Waals surface area contributed by atoms with Crippen molar-refractivity contribution >= 4 is 5.91 Å². The van der Waals surface area contributed by atoms with Crippen molar-refractivity contribution in [3.63, 3.8) is 0 Å². The maximum atomic E-state index is 12.2. The van der Waals surface area contributed by atoms with E-state index in [1.807, 2.05) is 0 Å². The zero-order chi connectivity index (χ0) is 12.1. The van der Waals surface area contributed by atoms with E-state index in [0.717, 1.165) is 32.4 Å². The van der Waals surface area contributed by atoms with Crippen LogP contribution in [0.3, 0.4) is 0 Å². The molecule has 3 nitrogen and oxygen atoms in total. The highest BCUT2D eigenvalue weighted by Gasteiger charge is 2.26. The van der Waals surface area contributed by atoms with E-state index in [1.54, 1.807) is 0 Å². The lowest BCUT2D eigenvalue weighted by molar-refractivity contribution is -0.135. The molecule has 98 valence electrons. The van der Waals surface area contributed by atoms with Crippen molar-refractivity contribution in [1.82, 2.24) is 4.90 Å². The van der Waals surface area contributed by atoms with Gasteiger partial charge in [0.15, 0.2) is 0 Å². The zero-order valence-corrected chi connectivity index (χ0v) is 11.0. The predicted molar refractivity (Wildman–Crippen MR) is 67.9 cm³/mol. The van der Waals surface area contributed by atoms with E-state index in [2.05, 4.69) is 11.8 Å². The Bertz CT molecular complexity index is 249. The molecular formula is C14H25NO2. The summed E-state index contributed by atoms with van der Waals surface area (Å²) >= 11 is 0. The topological polar surface area (TPSA) is 29.5 Å². The van der Waals surface area contributed by atoms with Crippen LogP contribution in [-0.2, 0) is 9.53 Å². The van der Waals surface area contributed by atoms with Gasteiger partial charge in [0, 0.05) is 25.6 Å². The fraction of sp³-hybridized carbons (Fsp3) is 0.929. The van der Waals surface area contributed by atoms with E-state index in [0.29, 0.717) is 24.5 Å². The summed E-state index contributed by atoms with van der Waals surface area (Å²) in [7, 11) is 0. The number of hydrogen-bond acceptors (Lipinski definition) is 2. The minimum absolute atomic E-state index is 0.351. The van der Waals surface area contributed by atoms with Crippen LogP contribution in [0.15, 0.2) is 0 Å². The average Bonchev–Trinajstić information content (AvgIpc) is 2.89. The molecule has 3 heteroatoms. The third-order valence-corrected chi connectivity index (χ3v) is 4.12. The van der Waals surface area contributed by atoms with E-state index in [-0.39, 0.29) is 0 Å². The molecule has 17 heavy (non-hydrogen) atoms. The molecular weight excluding hydrogens is 214 g/mol. The van der Waals surface area contributed by atoms with Crippen LogP contribution < -0.4 is 0 Å². The van der Waals surface area contributed by atoms with Crippen LogP contribution in [0.4, 0.5) is 0 Å². The minimum atomic E-state index is 0.351. The average molecular weight is 239 g/mol. The summed E-state index contributed by atoms with van der Waals surface area (Å²) in [6.07, 6.45) is 9.03. The van der Waals surface area contributed by atoms with Gasteiger partial charge in [0.2, 0.25) is 5.91 Å². The van der Waals surface area contributed by atoms with Gasteiger partial charge >= 0.3 is 0 Å². The molecule has 0 aliphatic carbocycles. The number of nitrogens with zero attached hydrogens (tertiary/aromatic N) is 1. The molecule has 2 aliphatic rings. The molecule has 0 bridgehead atoms. The summed E-state index contributed by atoms with van der Waals surface area (Å²) < 4.78 is 5.57. The Morgan fingerprint density at radius 2 is 2.18 bits per heavy atom. The van der Waals surface area contributed by atoms with Crippen LogP contribution in [0.1, 0.15) is 58.3 Å². The van der Waals surface area contributed by atoms with E-state index in [4.69, 9.17) is 4.74 Å². The highest BCUT2D eigenvalue weighted by Crippen LogP contribution is 2.22. The molecule has 0 saturated carbocycles. The van der Waals surface area contributed by atoms with E-state index >= 15 is 0 Å². The number of ether oxygens (including phenoxy) is 1. The summed E-state index contributed by atoms with van der Waals surface area (Å²) in [6.45, 7) is 4.05. The van der Waals surface area contributed by atoms with Gasteiger partial charge in [-0.3, -0.25) is 4.79 Å². The number of hydrogen-bond donors (Lipinski definition) is 0. The first-order valence-electron chi connectivity index (χ1n) is 7.22. The quantitative estimate of drug-likeness (QED) is 0.755. The van der Waals surface area contributed by atoms with E-state index in [9.17, 15) is 4.79 Å². The SMILES string of the molecule is CC[C@H]1CCCCN1C(=O)CC[C@@H]1CCCO1. The Morgan fingerprint density at radius 3 is 2.88 bits per heavy atom. The van der Waals surface area contributed by atoms with Crippen molar-refractivity contribution in [3.05, 3.63) is 0 Å². The van der Waals surface area contributed by atoms with Gasteiger partial charge in [-0.25, -0.2) is 0 Å². The van der Waals surface area contributed by atoms with Crippen molar-refractivity contribution in [2.75, 3.05) is 13.2 Å². The molecule has 0 radical (unpaired) electrons. The monoisotopic (exact) mass is 239 g/mol. The lowest BCUT2D eigenvalue weighted by atomic mass is 9.99. The smallest absolute Gasteiger partial charge is 0.222 e. The Kier molecular flexibility index (Phi) is 4.84. The Morgan fingerprint density at radius 1 is 1.29 bits per heavy atom. The molecule has 2 heterocycles. The van der Waals surface area contributed by atoms with Crippen molar-refractivity contribution in [1.29, 1.82) is 0 Å². The molecule has 2 saturated heterocycles. The normalized spacial score (nSPS) is 29.6. The second kappa shape index (κ2) is 6.39. The Labute approximate surface area is 105 Å². The summed E-state index contributed by atoms with van der Waals surface area (Å²) in [5, 5.41) is 0. The molecule has 0 unspecified atom stereocenters. The minimum Gasteiger partial charge on any atom is -0.378 e. The molecule has 0 aromatic rings.